The highest BCUT2D eigenvalue weighted by atomic mass is 14.9. The third-order valence-electron chi connectivity index (χ3n) is 2.11. The van der Waals surface area contributed by atoms with E-state index >= 15 is 0 Å². The number of anilines is 1. The van der Waals surface area contributed by atoms with Gasteiger partial charge in [0, 0.05) is 11.1 Å². The molecule has 0 spiro atoms. The number of fused-ring (bicyclic) bond motifs is 1. The van der Waals surface area contributed by atoms with E-state index in [4.69, 9.17) is 0 Å². The third kappa shape index (κ3) is 0.917. The summed E-state index contributed by atoms with van der Waals surface area (Å²) in [5.74, 6) is 0. The van der Waals surface area contributed by atoms with Crippen LogP contribution in [0.15, 0.2) is 24.3 Å². The lowest BCUT2D eigenvalue weighted by molar-refractivity contribution is 0.647. The minimum absolute atomic E-state index is 0.0661. The zero-order chi connectivity index (χ0) is 7.90. The molecule has 0 aromatic heterocycles. The van der Waals surface area contributed by atoms with E-state index in [0.29, 0.717) is 0 Å². The maximum Gasteiger partial charge on any atom is 0.0991 e. The van der Waals surface area contributed by atoms with E-state index in [1.165, 1.54) is 11.3 Å². The van der Waals surface area contributed by atoms with Gasteiger partial charge in [-0.2, -0.15) is 0 Å². The van der Waals surface area contributed by atoms with Crippen LogP contribution in [-0.2, 0) is 5.41 Å². The fourth-order valence-corrected chi connectivity index (χ4v) is 1.43. The van der Waals surface area contributed by atoms with Crippen molar-refractivity contribution in [3.05, 3.63) is 36.4 Å². The largest absolute Gasteiger partial charge is 0.374 e. The Balaban J connectivity index is 2.56. The molecule has 1 N–H and O–H groups in total. The first-order chi connectivity index (χ1) is 5.20. The molecule has 1 heteroatoms. The molecule has 2 rings (SSSR count). The van der Waals surface area contributed by atoms with Crippen molar-refractivity contribution < 1.29 is 0 Å². The molecule has 1 nitrogen and oxygen atoms in total. The van der Waals surface area contributed by atoms with E-state index in [-0.39, 0.29) is 5.41 Å². The molecule has 0 amide bonds. The number of hydrogen-bond donors (Lipinski definition) is 1. The fourth-order valence-electron chi connectivity index (χ4n) is 1.43. The SMILES string of the molecule is CC1(C)[C]Nc2ccccc21. The molecule has 1 aliphatic heterocycles. The third-order valence-corrected chi connectivity index (χ3v) is 2.11. The Morgan fingerprint density at radius 1 is 1.27 bits per heavy atom. The van der Waals surface area contributed by atoms with Crippen molar-refractivity contribution >= 4 is 5.69 Å². The summed E-state index contributed by atoms with van der Waals surface area (Å²) in [5, 5.41) is 3.14. The molecule has 0 atom stereocenters. The lowest BCUT2D eigenvalue weighted by Crippen LogP contribution is -2.13. The normalized spacial score (nSPS) is 19.1. The summed E-state index contributed by atoms with van der Waals surface area (Å²) in [7, 11) is 0. The van der Waals surface area contributed by atoms with Crippen LogP contribution in [-0.4, -0.2) is 0 Å². The standard InChI is InChI=1S/C10H11N/c1-10(2)7-11-9-6-4-3-5-8(9)10/h3-6,11H,1-2H3. The van der Waals surface area contributed by atoms with Gasteiger partial charge in [-0.1, -0.05) is 32.0 Å². The number of hydrogen-bond acceptors (Lipinski definition) is 1. The predicted molar refractivity (Wildman–Crippen MR) is 46.3 cm³/mol. The Morgan fingerprint density at radius 2 is 2.00 bits per heavy atom. The lowest BCUT2D eigenvalue weighted by Gasteiger charge is -2.14. The fraction of sp³-hybridized carbons (Fsp3) is 0.300. The summed E-state index contributed by atoms with van der Waals surface area (Å²) < 4.78 is 0. The molecule has 56 valence electrons. The van der Waals surface area contributed by atoms with E-state index in [1.54, 1.807) is 0 Å². The van der Waals surface area contributed by atoms with Crippen LogP contribution < -0.4 is 5.32 Å². The van der Waals surface area contributed by atoms with Gasteiger partial charge < -0.3 is 5.32 Å². The first kappa shape index (κ1) is 6.71. The molecule has 11 heavy (non-hydrogen) atoms. The maximum atomic E-state index is 3.21. The van der Waals surface area contributed by atoms with E-state index in [9.17, 15) is 0 Å². The molecule has 2 radical (unpaired) electrons. The summed E-state index contributed by atoms with van der Waals surface area (Å²) in [6, 6.07) is 8.32. The summed E-state index contributed by atoms with van der Waals surface area (Å²) in [5.41, 5.74) is 2.59. The lowest BCUT2D eigenvalue weighted by atomic mass is 9.87. The van der Waals surface area contributed by atoms with Crippen molar-refractivity contribution in [1.29, 1.82) is 0 Å². The second-order valence-corrected chi connectivity index (χ2v) is 3.42. The summed E-state index contributed by atoms with van der Waals surface area (Å²) in [6.45, 7) is 7.53. The van der Waals surface area contributed by atoms with Crippen LogP contribution in [0.3, 0.4) is 0 Å². The number of rotatable bonds is 0. The Kier molecular flexibility index (Phi) is 1.22. The first-order valence-electron chi connectivity index (χ1n) is 3.83. The van der Waals surface area contributed by atoms with Crippen molar-refractivity contribution in [3.63, 3.8) is 0 Å². The highest BCUT2D eigenvalue weighted by molar-refractivity contribution is 5.62. The summed E-state index contributed by atoms with van der Waals surface area (Å²) in [4.78, 5) is 0. The van der Waals surface area contributed by atoms with E-state index in [2.05, 4.69) is 43.9 Å². The quantitative estimate of drug-likeness (QED) is 0.591. The van der Waals surface area contributed by atoms with E-state index in [0.717, 1.165) is 0 Å². The summed E-state index contributed by atoms with van der Waals surface area (Å²) >= 11 is 0. The van der Waals surface area contributed by atoms with Crippen LogP contribution in [0.1, 0.15) is 19.4 Å². The van der Waals surface area contributed by atoms with Crippen molar-refractivity contribution in [2.45, 2.75) is 19.3 Å². The molecule has 1 aromatic rings. The van der Waals surface area contributed by atoms with Gasteiger partial charge in [-0.15, -0.1) is 0 Å². The minimum atomic E-state index is 0.0661. The number of benzene rings is 1. The molecule has 1 heterocycles. The topological polar surface area (TPSA) is 12.0 Å². The van der Waals surface area contributed by atoms with Crippen molar-refractivity contribution in [3.8, 4) is 0 Å². The molecule has 0 saturated heterocycles. The highest BCUT2D eigenvalue weighted by Gasteiger charge is 2.29. The Labute approximate surface area is 67.4 Å². The molecular formula is C10H11N. The molecule has 0 unspecified atom stereocenters. The first-order valence-corrected chi connectivity index (χ1v) is 3.83. The van der Waals surface area contributed by atoms with Crippen LogP contribution >= 0.6 is 0 Å². The van der Waals surface area contributed by atoms with Crippen LogP contribution in [0.4, 0.5) is 5.69 Å². The molecule has 1 aromatic carbocycles. The Morgan fingerprint density at radius 3 is 2.73 bits per heavy atom. The van der Waals surface area contributed by atoms with Gasteiger partial charge >= 0.3 is 0 Å². The van der Waals surface area contributed by atoms with Gasteiger partial charge in [-0.25, -0.2) is 0 Å². The number of nitrogens with one attached hydrogen (secondary N) is 1. The monoisotopic (exact) mass is 145 g/mol. The smallest absolute Gasteiger partial charge is 0.0991 e. The minimum Gasteiger partial charge on any atom is -0.374 e. The van der Waals surface area contributed by atoms with Crippen molar-refractivity contribution in [1.82, 2.24) is 0 Å². The average Bonchev–Trinajstić information content (AvgIpc) is 2.29. The van der Waals surface area contributed by atoms with Crippen molar-refractivity contribution in [2.24, 2.45) is 0 Å². The van der Waals surface area contributed by atoms with Gasteiger partial charge in [0.05, 0.1) is 6.54 Å². The number of para-hydroxylation sites is 1. The molecule has 0 saturated carbocycles. The molecular weight excluding hydrogens is 134 g/mol. The van der Waals surface area contributed by atoms with Crippen LogP contribution in [0.5, 0.6) is 0 Å². The molecule has 1 aliphatic rings. The summed E-state index contributed by atoms with van der Waals surface area (Å²) in [6.07, 6.45) is 0. The van der Waals surface area contributed by atoms with Crippen molar-refractivity contribution in [2.75, 3.05) is 5.32 Å². The molecule has 0 fully saturated rings. The van der Waals surface area contributed by atoms with Crippen LogP contribution in [0, 0.1) is 6.54 Å². The Bertz CT molecular complexity index is 276. The maximum absolute atomic E-state index is 3.21. The van der Waals surface area contributed by atoms with Crippen LogP contribution in [0.25, 0.3) is 0 Å². The zero-order valence-electron chi connectivity index (χ0n) is 6.81. The second kappa shape index (κ2) is 2.00. The van der Waals surface area contributed by atoms with Gasteiger partial charge in [0.2, 0.25) is 0 Å². The van der Waals surface area contributed by atoms with Gasteiger partial charge in [-0.3, -0.25) is 0 Å². The molecule has 0 aliphatic carbocycles. The zero-order valence-corrected chi connectivity index (χ0v) is 6.81. The average molecular weight is 145 g/mol. The van der Waals surface area contributed by atoms with Gasteiger partial charge in [0.25, 0.3) is 0 Å². The van der Waals surface area contributed by atoms with Gasteiger partial charge in [-0.05, 0) is 11.6 Å². The highest BCUT2D eigenvalue weighted by Crippen LogP contribution is 2.37. The van der Waals surface area contributed by atoms with Gasteiger partial charge in [0.15, 0.2) is 0 Å². The van der Waals surface area contributed by atoms with Gasteiger partial charge in [0.1, 0.15) is 0 Å². The Hall–Kier alpha value is -0.980. The van der Waals surface area contributed by atoms with E-state index < -0.39 is 0 Å². The predicted octanol–water partition coefficient (Wildman–Crippen LogP) is 2.43. The van der Waals surface area contributed by atoms with E-state index in [1.807, 2.05) is 6.07 Å². The second-order valence-electron chi connectivity index (χ2n) is 3.42. The van der Waals surface area contributed by atoms with Crippen LogP contribution in [0.2, 0.25) is 0 Å². The molecule has 0 bridgehead atoms.